The first-order valence-corrected chi connectivity index (χ1v) is 6.03. The number of hydrogen-bond acceptors (Lipinski definition) is 2. The Balaban J connectivity index is 2.55. The van der Waals surface area contributed by atoms with Crippen molar-refractivity contribution in [2.75, 3.05) is 5.73 Å². The van der Waals surface area contributed by atoms with E-state index in [4.69, 9.17) is 5.73 Å². The van der Waals surface area contributed by atoms with Crippen LogP contribution < -0.4 is 5.73 Å². The molecule has 2 rings (SSSR count). The molecule has 3 nitrogen and oxygen atoms in total. The summed E-state index contributed by atoms with van der Waals surface area (Å²) in [4.78, 5) is 0. The van der Waals surface area contributed by atoms with Crippen LogP contribution in [0.3, 0.4) is 0 Å². The van der Waals surface area contributed by atoms with Crippen LogP contribution in [0.4, 0.5) is 5.82 Å². The molecule has 0 saturated carbocycles. The molecule has 1 aromatic heterocycles. The first-order valence-electron chi connectivity index (χ1n) is 5.24. The van der Waals surface area contributed by atoms with Gasteiger partial charge in [-0.05, 0) is 30.7 Å². The number of allylic oxidation sites excluding steroid dienone is 1. The van der Waals surface area contributed by atoms with Gasteiger partial charge in [0.1, 0.15) is 5.82 Å². The summed E-state index contributed by atoms with van der Waals surface area (Å²) in [6, 6.07) is 7.99. The predicted molar refractivity (Wildman–Crippen MR) is 75.5 cm³/mol. The number of nitrogens with two attached hydrogens (primary N) is 1. The van der Waals surface area contributed by atoms with E-state index in [9.17, 15) is 0 Å². The SMILES string of the molecule is C=C(C)c1cc(Br)cc(-c2cc(N)n(C)n2)c1. The van der Waals surface area contributed by atoms with Crippen LogP contribution in [0.5, 0.6) is 0 Å². The minimum Gasteiger partial charge on any atom is -0.384 e. The van der Waals surface area contributed by atoms with E-state index >= 15 is 0 Å². The molecule has 0 radical (unpaired) electrons. The maximum atomic E-state index is 5.79. The first kappa shape index (κ1) is 11.9. The Morgan fingerprint density at radius 2 is 2.06 bits per heavy atom. The average molecular weight is 292 g/mol. The number of aryl methyl sites for hydroxylation is 1. The Bertz CT molecular complexity index is 565. The zero-order chi connectivity index (χ0) is 12.6. The maximum absolute atomic E-state index is 5.79. The second-order valence-corrected chi connectivity index (χ2v) is 5.00. The lowest BCUT2D eigenvalue weighted by Crippen LogP contribution is -1.96. The quantitative estimate of drug-likeness (QED) is 0.921. The van der Waals surface area contributed by atoms with Gasteiger partial charge in [-0.15, -0.1) is 0 Å². The minimum atomic E-state index is 0.650. The van der Waals surface area contributed by atoms with E-state index in [1.807, 2.05) is 32.2 Å². The van der Waals surface area contributed by atoms with Crippen LogP contribution >= 0.6 is 15.9 Å². The summed E-state index contributed by atoms with van der Waals surface area (Å²) in [6.45, 7) is 5.94. The molecule has 0 aliphatic heterocycles. The van der Waals surface area contributed by atoms with Gasteiger partial charge >= 0.3 is 0 Å². The van der Waals surface area contributed by atoms with Crippen molar-refractivity contribution < 1.29 is 0 Å². The number of benzene rings is 1. The molecule has 88 valence electrons. The number of anilines is 1. The zero-order valence-corrected chi connectivity index (χ0v) is 11.5. The molecule has 2 aromatic rings. The van der Waals surface area contributed by atoms with Crippen LogP contribution in [0, 0.1) is 0 Å². The molecule has 0 amide bonds. The Hall–Kier alpha value is -1.55. The molecule has 1 aromatic carbocycles. The van der Waals surface area contributed by atoms with Crippen molar-refractivity contribution in [3.8, 4) is 11.3 Å². The summed E-state index contributed by atoms with van der Waals surface area (Å²) >= 11 is 3.50. The Kier molecular flexibility index (Phi) is 3.07. The molecular formula is C13H14BrN3. The van der Waals surface area contributed by atoms with Crippen molar-refractivity contribution in [2.45, 2.75) is 6.92 Å². The fraction of sp³-hybridized carbons (Fsp3) is 0.154. The Labute approximate surface area is 109 Å². The van der Waals surface area contributed by atoms with Crippen molar-refractivity contribution in [1.29, 1.82) is 0 Å². The molecule has 0 atom stereocenters. The summed E-state index contributed by atoms with van der Waals surface area (Å²) in [5, 5.41) is 4.36. The van der Waals surface area contributed by atoms with Crippen LogP contribution in [-0.4, -0.2) is 9.78 Å². The van der Waals surface area contributed by atoms with Crippen molar-refractivity contribution in [3.63, 3.8) is 0 Å². The largest absolute Gasteiger partial charge is 0.384 e. The van der Waals surface area contributed by atoms with Crippen molar-refractivity contribution >= 4 is 27.3 Å². The van der Waals surface area contributed by atoms with Gasteiger partial charge in [-0.3, -0.25) is 4.68 Å². The van der Waals surface area contributed by atoms with E-state index < -0.39 is 0 Å². The summed E-state index contributed by atoms with van der Waals surface area (Å²) < 4.78 is 2.67. The summed E-state index contributed by atoms with van der Waals surface area (Å²) in [7, 11) is 1.83. The fourth-order valence-corrected chi connectivity index (χ4v) is 2.10. The summed E-state index contributed by atoms with van der Waals surface area (Å²) in [6.07, 6.45) is 0. The van der Waals surface area contributed by atoms with Crippen LogP contribution in [0.1, 0.15) is 12.5 Å². The van der Waals surface area contributed by atoms with Gasteiger partial charge in [0.25, 0.3) is 0 Å². The molecule has 0 spiro atoms. The number of halogens is 1. The molecule has 0 aliphatic carbocycles. The molecule has 0 bridgehead atoms. The van der Waals surface area contributed by atoms with Crippen molar-refractivity contribution in [2.24, 2.45) is 7.05 Å². The lowest BCUT2D eigenvalue weighted by Gasteiger charge is -2.04. The van der Waals surface area contributed by atoms with Crippen LogP contribution in [-0.2, 0) is 7.05 Å². The highest BCUT2D eigenvalue weighted by molar-refractivity contribution is 9.10. The highest BCUT2D eigenvalue weighted by atomic mass is 79.9. The second-order valence-electron chi connectivity index (χ2n) is 4.09. The lowest BCUT2D eigenvalue weighted by molar-refractivity contribution is 0.782. The lowest BCUT2D eigenvalue weighted by atomic mass is 10.0. The third-order valence-electron chi connectivity index (χ3n) is 2.60. The first-order chi connectivity index (χ1) is 7.97. The van der Waals surface area contributed by atoms with E-state index in [1.165, 1.54) is 0 Å². The highest BCUT2D eigenvalue weighted by Gasteiger charge is 2.07. The molecule has 0 unspecified atom stereocenters. The fourth-order valence-electron chi connectivity index (χ4n) is 1.61. The summed E-state index contributed by atoms with van der Waals surface area (Å²) in [5.74, 6) is 0.650. The van der Waals surface area contributed by atoms with E-state index in [1.54, 1.807) is 4.68 Å². The number of rotatable bonds is 2. The number of nitrogen functional groups attached to an aromatic ring is 1. The van der Waals surface area contributed by atoms with Gasteiger partial charge in [0.15, 0.2) is 0 Å². The standard InChI is InChI=1S/C13H14BrN3/c1-8(2)9-4-10(6-11(14)5-9)12-7-13(15)17(3)16-12/h4-7H,1,15H2,2-3H3. The smallest absolute Gasteiger partial charge is 0.121 e. The molecule has 17 heavy (non-hydrogen) atoms. The second kappa shape index (κ2) is 4.37. The molecule has 0 aliphatic rings. The molecule has 1 heterocycles. The van der Waals surface area contributed by atoms with Gasteiger partial charge in [0.2, 0.25) is 0 Å². The Morgan fingerprint density at radius 3 is 2.59 bits per heavy atom. The average Bonchev–Trinajstić information content (AvgIpc) is 2.58. The summed E-state index contributed by atoms with van der Waals surface area (Å²) in [5.41, 5.74) is 9.81. The van der Waals surface area contributed by atoms with Gasteiger partial charge in [-0.2, -0.15) is 5.10 Å². The third kappa shape index (κ3) is 2.42. The van der Waals surface area contributed by atoms with E-state index in [-0.39, 0.29) is 0 Å². The van der Waals surface area contributed by atoms with E-state index in [2.05, 4.69) is 33.7 Å². The predicted octanol–water partition coefficient (Wildman–Crippen LogP) is 3.46. The van der Waals surface area contributed by atoms with Gasteiger partial charge in [0, 0.05) is 23.2 Å². The monoisotopic (exact) mass is 291 g/mol. The highest BCUT2D eigenvalue weighted by Crippen LogP contribution is 2.27. The zero-order valence-electron chi connectivity index (χ0n) is 9.87. The molecule has 0 fully saturated rings. The normalized spacial score (nSPS) is 10.5. The molecule has 2 N–H and O–H groups in total. The van der Waals surface area contributed by atoms with Crippen molar-refractivity contribution in [3.05, 3.63) is 40.9 Å². The molecule has 0 saturated heterocycles. The topological polar surface area (TPSA) is 43.8 Å². The molecule has 4 heteroatoms. The van der Waals surface area contributed by atoms with Gasteiger partial charge in [0.05, 0.1) is 5.69 Å². The van der Waals surface area contributed by atoms with E-state index in [0.717, 1.165) is 26.9 Å². The number of nitrogens with zero attached hydrogens (tertiary/aromatic N) is 2. The van der Waals surface area contributed by atoms with Crippen LogP contribution in [0.2, 0.25) is 0 Å². The van der Waals surface area contributed by atoms with Gasteiger partial charge in [-0.1, -0.05) is 28.1 Å². The number of aromatic nitrogens is 2. The van der Waals surface area contributed by atoms with Crippen LogP contribution in [0.25, 0.3) is 16.8 Å². The van der Waals surface area contributed by atoms with Crippen molar-refractivity contribution in [1.82, 2.24) is 9.78 Å². The number of hydrogen-bond donors (Lipinski definition) is 1. The Morgan fingerprint density at radius 1 is 1.35 bits per heavy atom. The van der Waals surface area contributed by atoms with E-state index in [0.29, 0.717) is 5.82 Å². The maximum Gasteiger partial charge on any atom is 0.121 e. The van der Waals surface area contributed by atoms with Crippen LogP contribution in [0.15, 0.2) is 35.3 Å². The van der Waals surface area contributed by atoms with Gasteiger partial charge in [-0.25, -0.2) is 0 Å². The third-order valence-corrected chi connectivity index (χ3v) is 3.06. The molecular weight excluding hydrogens is 278 g/mol. The minimum absolute atomic E-state index is 0.650. The van der Waals surface area contributed by atoms with Gasteiger partial charge < -0.3 is 5.73 Å².